The molecule has 0 aromatic heterocycles. The highest BCUT2D eigenvalue weighted by atomic mass is 35.5. The summed E-state index contributed by atoms with van der Waals surface area (Å²) in [5.41, 5.74) is 1.62. The fraction of sp³-hybridized carbons (Fsp3) is 0.333. The summed E-state index contributed by atoms with van der Waals surface area (Å²) in [4.78, 5) is 27.0. The molecule has 0 saturated heterocycles. The van der Waals surface area contributed by atoms with Crippen LogP contribution in [0.4, 0.5) is 0 Å². The third-order valence-electron chi connectivity index (χ3n) is 4.74. The number of likely N-dealkylation sites (N-methyl/N-ethyl adjacent to an activating group) is 1. The number of amides is 2. The Morgan fingerprint density at radius 2 is 1.45 bits per heavy atom. The van der Waals surface area contributed by atoms with Crippen LogP contribution in [-0.2, 0) is 32.7 Å². The van der Waals surface area contributed by atoms with Gasteiger partial charge in [0.15, 0.2) is 0 Å². The highest BCUT2D eigenvalue weighted by Gasteiger charge is 2.28. The van der Waals surface area contributed by atoms with Gasteiger partial charge in [0.1, 0.15) is 6.04 Å². The van der Waals surface area contributed by atoms with Crippen LogP contribution in [0.5, 0.6) is 0 Å². The lowest BCUT2D eigenvalue weighted by Crippen LogP contribution is -2.50. The van der Waals surface area contributed by atoms with Crippen LogP contribution in [-0.4, -0.2) is 55.3 Å². The Bertz CT molecular complexity index is 1010. The average Bonchev–Trinajstić information content (AvgIpc) is 2.71. The second-order valence-corrected chi connectivity index (χ2v) is 10.1. The lowest BCUT2D eigenvalue weighted by atomic mass is 10.1. The Hall–Kier alpha value is -2.13. The van der Waals surface area contributed by atoms with E-state index in [1.807, 2.05) is 0 Å². The standard InChI is InChI=1S/C21H25Cl2N3O4S/c1-15(21(28)24-12-16-4-8-18(22)9-5-16)26(13-17-6-10-19(23)11-7-17)20(27)14-25(2)31(3,29)30/h4-11,15H,12-14H2,1-3H3,(H,24,28)/t15-/m0/s1. The molecule has 7 nitrogen and oxygen atoms in total. The van der Waals surface area contributed by atoms with Crippen molar-refractivity contribution in [2.24, 2.45) is 0 Å². The molecule has 0 radical (unpaired) electrons. The van der Waals surface area contributed by atoms with Crippen molar-refractivity contribution in [1.29, 1.82) is 0 Å². The van der Waals surface area contributed by atoms with E-state index in [9.17, 15) is 18.0 Å². The maximum Gasteiger partial charge on any atom is 0.242 e. The Morgan fingerprint density at radius 3 is 1.94 bits per heavy atom. The van der Waals surface area contributed by atoms with Gasteiger partial charge in [-0.15, -0.1) is 0 Å². The molecule has 168 valence electrons. The van der Waals surface area contributed by atoms with Gasteiger partial charge >= 0.3 is 0 Å². The molecule has 2 aromatic carbocycles. The predicted octanol–water partition coefficient (Wildman–Crippen LogP) is 2.92. The van der Waals surface area contributed by atoms with E-state index in [2.05, 4.69) is 5.32 Å². The molecular weight excluding hydrogens is 461 g/mol. The summed E-state index contributed by atoms with van der Waals surface area (Å²) < 4.78 is 24.4. The molecule has 0 spiro atoms. The van der Waals surface area contributed by atoms with Gasteiger partial charge in [0.05, 0.1) is 12.8 Å². The summed E-state index contributed by atoms with van der Waals surface area (Å²) in [7, 11) is -2.23. The molecule has 0 aliphatic carbocycles. The fourth-order valence-electron chi connectivity index (χ4n) is 2.71. The quantitative estimate of drug-likeness (QED) is 0.591. The van der Waals surface area contributed by atoms with Crippen LogP contribution in [0, 0.1) is 0 Å². The molecular formula is C21H25Cl2N3O4S. The van der Waals surface area contributed by atoms with Crippen LogP contribution in [0.3, 0.4) is 0 Å². The Balaban J connectivity index is 2.16. The van der Waals surface area contributed by atoms with Crippen molar-refractivity contribution in [2.75, 3.05) is 19.8 Å². The average molecular weight is 486 g/mol. The Morgan fingerprint density at radius 1 is 0.968 bits per heavy atom. The van der Waals surface area contributed by atoms with Crippen LogP contribution in [0.25, 0.3) is 0 Å². The summed E-state index contributed by atoms with van der Waals surface area (Å²) in [6, 6.07) is 13.1. The van der Waals surface area contributed by atoms with Crippen LogP contribution in [0.2, 0.25) is 10.0 Å². The monoisotopic (exact) mass is 485 g/mol. The molecule has 2 rings (SSSR count). The molecule has 0 aliphatic heterocycles. The summed E-state index contributed by atoms with van der Waals surface area (Å²) in [6.45, 7) is 1.63. The van der Waals surface area contributed by atoms with Gasteiger partial charge in [0.25, 0.3) is 0 Å². The van der Waals surface area contributed by atoms with Crippen molar-refractivity contribution in [3.63, 3.8) is 0 Å². The van der Waals surface area contributed by atoms with Gasteiger partial charge in [0.2, 0.25) is 21.8 Å². The van der Waals surface area contributed by atoms with Crippen molar-refractivity contribution in [1.82, 2.24) is 14.5 Å². The number of halogens is 2. The number of hydrogen-bond acceptors (Lipinski definition) is 4. The van der Waals surface area contributed by atoms with E-state index in [4.69, 9.17) is 23.2 Å². The van der Waals surface area contributed by atoms with Gasteiger partial charge in [-0.2, -0.15) is 4.31 Å². The van der Waals surface area contributed by atoms with Crippen molar-refractivity contribution < 1.29 is 18.0 Å². The minimum atomic E-state index is -3.55. The third-order valence-corrected chi connectivity index (χ3v) is 6.50. The highest BCUT2D eigenvalue weighted by molar-refractivity contribution is 7.88. The predicted molar refractivity (Wildman–Crippen MR) is 122 cm³/mol. The van der Waals surface area contributed by atoms with E-state index in [-0.39, 0.29) is 25.5 Å². The van der Waals surface area contributed by atoms with Gasteiger partial charge in [-0.05, 0) is 42.3 Å². The number of carbonyl (C=O) groups excluding carboxylic acids is 2. The lowest BCUT2D eigenvalue weighted by molar-refractivity contribution is -0.140. The van der Waals surface area contributed by atoms with E-state index < -0.39 is 22.0 Å². The van der Waals surface area contributed by atoms with Gasteiger partial charge in [-0.25, -0.2) is 8.42 Å². The van der Waals surface area contributed by atoms with Crippen molar-refractivity contribution in [3.8, 4) is 0 Å². The van der Waals surface area contributed by atoms with Gasteiger partial charge < -0.3 is 10.2 Å². The molecule has 0 fully saturated rings. The fourth-order valence-corrected chi connectivity index (χ4v) is 3.30. The molecule has 10 heteroatoms. The van der Waals surface area contributed by atoms with Gasteiger partial charge in [0, 0.05) is 30.2 Å². The number of hydrogen-bond donors (Lipinski definition) is 1. The molecule has 1 N–H and O–H groups in total. The van der Waals surface area contributed by atoms with Crippen LogP contribution in [0.15, 0.2) is 48.5 Å². The van der Waals surface area contributed by atoms with Crippen LogP contribution < -0.4 is 5.32 Å². The van der Waals surface area contributed by atoms with E-state index in [0.717, 1.165) is 21.7 Å². The molecule has 1 atom stereocenters. The maximum atomic E-state index is 12.9. The Kier molecular flexibility index (Phi) is 8.88. The molecule has 2 aromatic rings. The minimum absolute atomic E-state index is 0.128. The summed E-state index contributed by atoms with van der Waals surface area (Å²) in [5, 5.41) is 3.95. The molecule has 0 heterocycles. The molecule has 31 heavy (non-hydrogen) atoms. The second kappa shape index (κ2) is 10.9. The highest BCUT2D eigenvalue weighted by Crippen LogP contribution is 2.15. The largest absolute Gasteiger partial charge is 0.350 e. The third kappa shape index (κ3) is 7.81. The smallest absolute Gasteiger partial charge is 0.242 e. The maximum absolute atomic E-state index is 12.9. The number of benzene rings is 2. The van der Waals surface area contributed by atoms with Gasteiger partial charge in [-0.3, -0.25) is 9.59 Å². The lowest BCUT2D eigenvalue weighted by Gasteiger charge is -2.30. The first-order valence-electron chi connectivity index (χ1n) is 9.44. The van der Waals surface area contributed by atoms with Gasteiger partial charge in [-0.1, -0.05) is 47.5 Å². The number of carbonyl (C=O) groups is 2. The van der Waals surface area contributed by atoms with Crippen molar-refractivity contribution >= 4 is 45.0 Å². The molecule has 0 bridgehead atoms. The zero-order valence-corrected chi connectivity index (χ0v) is 19.8. The van der Waals surface area contributed by atoms with Crippen LogP contribution in [0.1, 0.15) is 18.1 Å². The minimum Gasteiger partial charge on any atom is -0.350 e. The first-order chi connectivity index (χ1) is 14.5. The molecule has 0 saturated carbocycles. The first-order valence-corrected chi connectivity index (χ1v) is 12.0. The van der Waals surface area contributed by atoms with Crippen LogP contribution >= 0.6 is 23.2 Å². The molecule has 0 aliphatic rings. The number of rotatable bonds is 9. The zero-order valence-electron chi connectivity index (χ0n) is 17.5. The topological polar surface area (TPSA) is 86.8 Å². The number of nitrogens with one attached hydrogen (secondary N) is 1. The van der Waals surface area contributed by atoms with E-state index in [1.54, 1.807) is 55.5 Å². The first kappa shape index (κ1) is 25.1. The number of sulfonamides is 1. The summed E-state index contributed by atoms with van der Waals surface area (Å²) in [5.74, 6) is -0.851. The van der Waals surface area contributed by atoms with Crippen molar-refractivity contribution in [2.45, 2.75) is 26.1 Å². The Labute approximate surface area is 193 Å². The van der Waals surface area contributed by atoms with E-state index in [1.165, 1.54) is 11.9 Å². The zero-order chi connectivity index (χ0) is 23.2. The molecule has 2 amide bonds. The van der Waals surface area contributed by atoms with E-state index in [0.29, 0.717) is 10.0 Å². The molecule has 0 unspecified atom stereocenters. The summed E-state index contributed by atoms with van der Waals surface area (Å²) >= 11 is 11.8. The van der Waals surface area contributed by atoms with Crippen molar-refractivity contribution in [3.05, 3.63) is 69.7 Å². The number of nitrogens with zero attached hydrogens (tertiary/aromatic N) is 2. The SMILES string of the molecule is C[C@@H](C(=O)NCc1ccc(Cl)cc1)N(Cc1ccc(Cl)cc1)C(=O)CN(C)S(C)(=O)=O. The van der Waals surface area contributed by atoms with E-state index >= 15 is 0 Å². The second-order valence-electron chi connectivity index (χ2n) is 7.19. The normalized spacial score (nSPS) is 12.5. The summed E-state index contributed by atoms with van der Waals surface area (Å²) in [6.07, 6.45) is 1.02.